The molecule has 2 nitrogen and oxygen atoms in total. The minimum Gasteiger partial charge on any atom is -0.352 e. The molecule has 1 aromatic heterocycles. The Hall–Kier alpha value is -1.54. The highest BCUT2D eigenvalue weighted by Gasteiger charge is 2.10. The summed E-state index contributed by atoms with van der Waals surface area (Å²) in [7, 11) is 2.12. The molecule has 0 saturated carbocycles. The van der Waals surface area contributed by atoms with Crippen molar-refractivity contribution in [1.29, 1.82) is 0 Å². The molecule has 0 unspecified atom stereocenters. The monoisotopic (exact) mass is 256 g/mol. The van der Waals surface area contributed by atoms with Crippen molar-refractivity contribution < 1.29 is 0 Å². The van der Waals surface area contributed by atoms with Gasteiger partial charge >= 0.3 is 0 Å². The van der Waals surface area contributed by atoms with Gasteiger partial charge in [0.1, 0.15) is 0 Å². The summed E-state index contributed by atoms with van der Waals surface area (Å²) in [5.74, 6) is 0. The molecule has 0 aliphatic rings. The highest BCUT2D eigenvalue weighted by atomic mass is 15.0. The van der Waals surface area contributed by atoms with E-state index in [0.717, 1.165) is 6.54 Å². The molecule has 0 amide bonds. The summed E-state index contributed by atoms with van der Waals surface area (Å²) in [6.07, 6.45) is 0. The Balaban J connectivity index is 2.06. The molecule has 2 heteroatoms. The molecule has 2 aromatic rings. The maximum atomic E-state index is 3.62. The highest BCUT2D eigenvalue weighted by molar-refractivity contribution is 5.29. The van der Waals surface area contributed by atoms with Gasteiger partial charge in [0.15, 0.2) is 0 Å². The van der Waals surface area contributed by atoms with Gasteiger partial charge < -0.3 is 9.88 Å². The number of benzene rings is 1. The van der Waals surface area contributed by atoms with E-state index < -0.39 is 0 Å². The van der Waals surface area contributed by atoms with Crippen LogP contribution in [0, 0.1) is 20.8 Å². The number of rotatable bonds is 4. The quantitative estimate of drug-likeness (QED) is 0.880. The molecule has 0 bridgehead atoms. The largest absolute Gasteiger partial charge is 0.352 e. The Kier molecular flexibility index (Phi) is 4.11. The summed E-state index contributed by atoms with van der Waals surface area (Å²) in [5, 5.41) is 3.62. The number of aryl methyl sites for hydroxylation is 2. The van der Waals surface area contributed by atoms with Crippen molar-refractivity contribution in [3.63, 3.8) is 0 Å². The van der Waals surface area contributed by atoms with Crippen molar-refractivity contribution >= 4 is 0 Å². The number of hydrogen-bond acceptors (Lipinski definition) is 1. The van der Waals surface area contributed by atoms with E-state index >= 15 is 0 Å². The lowest BCUT2D eigenvalue weighted by molar-refractivity contribution is 0.570. The van der Waals surface area contributed by atoms with Gasteiger partial charge in [0.2, 0.25) is 0 Å². The van der Waals surface area contributed by atoms with Crippen LogP contribution in [0.4, 0.5) is 0 Å². The smallest absolute Gasteiger partial charge is 0.0297 e. The number of aromatic nitrogens is 1. The topological polar surface area (TPSA) is 17.0 Å². The Morgan fingerprint density at radius 3 is 2.42 bits per heavy atom. The van der Waals surface area contributed by atoms with Gasteiger partial charge in [-0.15, -0.1) is 0 Å². The van der Waals surface area contributed by atoms with Gasteiger partial charge in [-0.2, -0.15) is 0 Å². The van der Waals surface area contributed by atoms with Crippen LogP contribution in [0.1, 0.15) is 41.0 Å². The fraction of sp³-hybridized carbons (Fsp3) is 0.412. The minimum absolute atomic E-state index is 0.376. The lowest BCUT2D eigenvalue weighted by Gasteiger charge is -2.16. The molecule has 0 saturated heterocycles. The molecule has 0 spiro atoms. The van der Waals surface area contributed by atoms with Crippen LogP contribution in [0.2, 0.25) is 0 Å². The Morgan fingerprint density at radius 1 is 1.16 bits per heavy atom. The fourth-order valence-corrected chi connectivity index (χ4v) is 2.56. The van der Waals surface area contributed by atoms with Crippen LogP contribution >= 0.6 is 0 Å². The van der Waals surface area contributed by atoms with Gasteiger partial charge in [-0.05, 0) is 50.5 Å². The van der Waals surface area contributed by atoms with E-state index in [0.29, 0.717) is 6.04 Å². The zero-order chi connectivity index (χ0) is 14.0. The first kappa shape index (κ1) is 13.9. The molecule has 1 atom stereocenters. The predicted octanol–water partition coefficient (Wildman–Crippen LogP) is 3.80. The van der Waals surface area contributed by atoms with Gasteiger partial charge in [-0.3, -0.25) is 0 Å². The van der Waals surface area contributed by atoms with Crippen molar-refractivity contribution in [2.75, 3.05) is 0 Å². The van der Waals surface area contributed by atoms with Crippen LogP contribution in [0.25, 0.3) is 0 Å². The second-order valence-electron chi connectivity index (χ2n) is 5.41. The van der Waals surface area contributed by atoms with Crippen LogP contribution in [0.15, 0.2) is 30.3 Å². The van der Waals surface area contributed by atoms with E-state index in [1.54, 1.807) is 0 Å². The van der Waals surface area contributed by atoms with Gasteiger partial charge in [-0.1, -0.05) is 24.3 Å². The van der Waals surface area contributed by atoms with Crippen LogP contribution in [-0.4, -0.2) is 4.57 Å². The van der Waals surface area contributed by atoms with E-state index in [1.165, 1.54) is 28.1 Å². The third kappa shape index (κ3) is 2.90. The number of hydrogen-bond donors (Lipinski definition) is 1. The minimum atomic E-state index is 0.376. The maximum absolute atomic E-state index is 3.62. The average Bonchev–Trinajstić information content (AvgIpc) is 2.64. The first-order valence-corrected chi connectivity index (χ1v) is 6.91. The van der Waals surface area contributed by atoms with E-state index in [4.69, 9.17) is 0 Å². The van der Waals surface area contributed by atoms with Gasteiger partial charge in [-0.25, -0.2) is 0 Å². The van der Waals surface area contributed by atoms with E-state index in [-0.39, 0.29) is 0 Å². The van der Waals surface area contributed by atoms with E-state index in [9.17, 15) is 0 Å². The van der Waals surface area contributed by atoms with Crippen molar-refractivity contribution in [1.82, 2.24) is 9.88 Å². The second-order valence-corrected chi connectivity index (χ2v) is 5.41. The fourth-order valence-electron chi connectivity index (χ4n) is 2.56. The van der Waals surface area contributed by atoms with Gasteiger partial charge in [0.25, 0.3) is 0 Å². The first-order chi connectivity index (χ1) is 9.00. The third-order valence-electron chi connectivity index (χ3n) is 4.13. The summed E-state index contributed by atoms with van der Waals surface area (Å²) in [6, 6.07) is 11.2. The molecule has 0 aliphatic heterocycles. The molecular formula is C17H24N2. The van der Waals surface area contributed by atoms with Gasteiger partial charge in [0, 0.05) is 31.0 Å². The zero-order valence-electron chi connectivity index (χ0n) is 12.6. The second kappa shape index (κ2) is 5.62. The summed E-state index contributed by atoms with van der Waals surface area (Å²) in [6.45, 7) is 9.66. The van der Waals surface area contributed by atoms with Crippen LogP contribution < -0.4 is 5.32 Å². The lowest BCUT2D eigenvalue weighted by atomic mass is 10.0. The van der Waals surface area contributed by atoms with E-state index in [1.807, 2.05) is 0 Å². The lowest BCUT2D eigenvalue weighted by Crippen LogP contribution is -2.19. The molecule has 1 aromatic carbocycles. The van der Waals surface area contributed by atoms with Crippen molar-refractivity contribution in [3.05, 3.63) is 58.4 Å². The molecule has 19 heavy (non-hydrogen) atoms. The highest BCUT2D eigenvalue weighted by Crippen LogP contribution is 2.19. The molecule has 0 aliphatic carbocycles. The summed E-state index contributed by atoms with van der Waals surface area (Å²) in [4.78, 5) is 0. The summed E-state index contributed by atoms with van der Waals surface area (Å²) < 4.78 is 2.25. The normalized spacial score (nSPS) is 12.7. The number of nitrogens with zero attached hydrogens (tertiary/aromatic N) is 1. The molecule has 1 heterocycles. The summed E-state index contributed by atoms with van der Waals surface area (Å²) >= 11 is 0. The Bertz CT molecular complexity index is 567. The molecule has 102 valence electrons. The van der Waals surface area contributed by atoms with Crippen LogP contribution in [0.5, 0.6) is 0 Å². The van der Waals surface area contributed by atoms with Crippen molar-refractivity contribution in [2.24, 2.45) is 7.05 Å². The van der Waals surface area contributed by atoms with Gasteiger partial charge in [0.05, 0.1) is 0 Å². The molecular weight excluding hydrogens is 232 g/mol. The molecule has 2 rings (SSSR count). The first-order valence-electron chi connectivity index (χ1n) is 6.91. The Labute approximate surface area is 116 Å². The van der Waals surface area contributed by atoms with Crippen molar-refractivity contribution in [3.8, 4) is 0 Å². The van der Waals surface area contributed by atoms with Crippen molar-refractivity contribution in [2.45, 2.75) is 40.3 Å². The maximum Gasteiger partial charge on any atom is 0.0297 e. The number of nitrogens with one attached hydrogen (secondary N) is 1. The van der Waals surface area contributed by atoms with Crippen LogP contribution in [0.3, 0.4) is 0 Å². The molecule has 1 N–H and O–H groups in total. The van der Waals surface area contributed by atoms with E-state index in [2.05, 4.69) is 75.0 Å². The zero-order valence-corrected chi connectivity index (χ0v) is 12.6. The van der Waals surface area contributed by atoms with Crippen LogP contribution in [-0.2, 0) is 13.6 Å². The molecule has 0 radical (unpaired) electrons. The Morgan fingerprint density at radius 2 is 1.84 bits per heavy atom. The average molecular weight is 256 g/mol. The third-order valence-corrected chi connectivity index (χ3v) is 4.13. The summed E-state index contributed by atoms with van der Waals surface area (Å²) in [5.41, 5.74) is 6.79. The molecule has 0 fully saturated rings. The predicted molar refractivity (Wildman–Crippen MR) is 81.3 cm³/mol. The standard InChI is InChI=1S/C17H24N2/c1-12-8-6-7-9-17(12)14(3)18-11-16-10-13(2)19(5)15(16)4/h6-10,14,18H,11H2,1-5H3/t14-/m0/s1. The SMILES string of the molecule is Cc1ccccc1[C@H](C)NCc1cc(C)n(C)c1C.